The molecule has 1 nitrogen and oxygen atoms in total. The first kappa shape index (κ1) is 13.5. The largest absolute Gasteiger partial charge is 0.300 e. The van der Waals surface area contributed by atoms with E-state index in [2.05, 4.69) is 13.5 Å². The van der Waals surface area contributed by atoms with E-state index in [0.29, 0.717) is 11.7 Å². The number of rotatable bonds is 1. The van der Waals surface area contributed by atoms with E-state index in [1.54, 1.807) is 0 Å². The molecule has 0 aliphatic heterocycles. The number of carbonyl (C=O) groups is 1. The number of hydrogen-bond acceptors (Lipinski definition) is 1. The van der Waals surface area contributed by atoms with E-state index in [1.165, 1.54) is 50.5 Å². The summed E-state index contributed by atoms with van der Waals surface area (Å²) in [5.74, 6) is 0.903. The maximum absolute atomic E-state index is 11.8. The van der Waals surface area contributed by atoms with Gasteiger partial charge in [0.1, 0.15) is 5.78 Å². The zero-order valence-electron chi connectivity index (χ0n) is 10.8. The predicted octanol–water partition coefficient (Wildman–Crippen LogP) is 4.66. The van der Waals surface area contributed by atoms with Crippen molar-refractivity contribution in [1.29, 1.82) is 0 Å². The number of carbonyl (C=O) groups excluding carboxylic acids is 1. The second kappa shape index (κ2) is 7.65. The molecule has 1 saturated carbocycles. The minimum absolute atomic E-state index is 0.451. The molecule has 1 atom stereocenters. The molecule has 0 saturated heterocycles. The van der Waals surface area contributed by atoms with Gasteiger partial charge in [0, 0.05) is 12.8 Å². The molecule has 1 aliphatic rings. The summed E-state index contributed by atoms with van der Waals surface area (Å²) >= 11 is 0. The van der Waals surface area contributed by atoms with Gasteiger partial charge in [-0.2, -0.15) is 0 Å². The van der Waals surface area contributed by atoms with Crippen LogP contribution in [0, 0.1) is 5.92 Å². The van der Waals surface area contributed by atoms with Gasteiger partial charge in [0.2, 0.25) is 0 Å². The van der Waals surface area contributed by atoms with Crippen molar-refractivity contribution < 1.29 is 4.79 Å². The molecule has 16 heavy (non-hydrogen) atoms. The fourth-order valence-electron chi connectivity index (χ4n) is 2.50. The van der Waals surface area contributed by atoms with Crippen molar-refractivity contribution in [3.63, 3.8) is 0 Å². The molecule has 1 fully saturated rings. The highest BCUT2D eigenvalue weighted by Gasteiger charge is 2.14. The number of allylic oxidation sites excluding steroid dienone is 1. The fourth-order valence-corrected chi connectivity index (χ4v) is 2.50. The fraction of sp³-hybridized carbons (Fsp3) is 0.800. The summed E-state index contributed by atoms with van der Waals surface area (Å²) in [6.07, 6.45) is 11.7. The van der Waals surface area contributed by atoms with Gasteiger partial charge in [0.05, 0.1) is 0 Å². The van der Waals surface area contributed by atoms with Crippen LogP contribution in [-0.2, 0) is 4.79 Å². The lowest BCUT2D eigenvalue weighted by atomic mass is 9.88. The van der Waals surface area contributed by atoms with E-state index in [1.807, 2.05) is 0 Å². The Morgan fingerprint density at radius 1 is 1.06 bits per heavy atom. The second-order valence-electron chi connectivity index (χ2n) is 5.30. The van der Waals surface area contributed by atoms with E-state index in [0.717, 1.165) is 19.3 Å². The van der Waals surface area contributed by atoms with Gasteiger partial charge in [-0.05, 0) is 25.7 Å². The summed E-state index contributed by atoms with van der Waals surface area (Å²) in [4.78, 5) is 11.8. The molecule has 1 aliphatic carbocycles. The molecule has 1 rings (SSSR count). The first-order chi connectivity index (χ1) is 7.70. The summed E-state index contributed by atoms with van der Waals surface area (Å²) in [7, 11) is 0. The molecule has 1 unspecified atom stereocenters. The zero-order chi connectivity index (χ0) is 11.8. The van der Waals surface area contributed by atoms with Gasteiger partial charge in [-0.15, -0.1) is 0 Å². The minimum Gasteiger partial charge on any atom is -0.300 e. The maximum atomic E-state index is 11.8. The van der Waals surface area contributed by atoms with Crippen LogP contribution >= 0.6 is 0 Å². The van der Waals surface area contributed by atoms with Crippen LogP contribution in [0.2, 0.25) is 0 Å². The van der Waals surface area contributed by atoms with Crippen molar-refractivity contribution in [3.8, 4) is 0 Å². The van der Waals surface area contributed by atoms with Crippen LogP contribution in [0.4, 0.5) is 0 Å². The summed E-state index contributed by atoms with van der Waals surface area (Å²) in [6, 6.07) is 0. The third-order valence-corrected chi connectivity index (χ3v) is 3.68. The molecule has 1 heteroatoms. The minimum atomic E-state index is 0.451. The van der Waals surface area contributed by atoms with Crippen molar-refractivity contribution in [1.82, 2.24) is 0 Å². The summed E-state index contributed by atoms with van der Waals surface area (Å²) < 4.78 is 0. The topological polar surface area (TPSA) is 17.1 Å². The van der Waals surface area contributed by atoms with Gasteiger partial charge in [-0.25, -0.2) is 0 Å². The van der Waals surface area contributed by atoms with Crippen LogP contribution in [-0.4, -0.2) is 5.78 Å². The SMILES string of the molecule is C=C(C)C1CCCCCCCCCC(=O)C1. The average Bonchev–Trinajstić information content (AvgIpc) is 2.22. The molecule has 0 radical (unpaired) electrons. The Morgan fingerprint density at radius 3 is 2.25 bits per heavy atom. The van der Waals surface area contributed by atoms with E-state index >= 15 is 0 Å². The van der Waals surface area contributed by atoms with Crippen LogP contribution in [0.15, 0.2) is 12.2 Å². The molecular formula is C15H26O. The lowest BCUT2D eigenvalue weighted by Gasteiger charge is -2.17. The maximum Gasteiger partial charge on any atom is 0.133 e. The highest BCUT2D eigenvalue weighted by Crippen LogP contribution is 2.23. The lowest BCUT2D eigenvalue weighted by Crippen LogP contribution is -2.10. The molecule has 92 valence electrons. The first-order valence-corrected chi connectivity index (χ1v) is 6.87. The zero-order valence-corrected chi connectivity index (χ0v) is 10.8. The lowest BCUT2D eigenvalue weighted by molar-refractivity contribution is -0.119. The van der Waals surface area contributed by atoms with Gasteiger partial charge >= 0.3 is 0 Å². The Labute approximate surface area is 100 Å². The van der Waals surface area contributed by atoms with Crippen molar-refractivity contribution in [3.05, 3.63) is 12.2 Å². The van der Waals surface area contributed by atoms with Crippen molar-refractivity contribution in [2.75, 3.05) is 0 Å². The van der Waals surface area contributed by atoms with Crippen LogP contribution in [0.1, 0.15) is 71.1 Å². The third kappa shape index (κ3) is 5.48. The molecule has 0 amide bonds. The molecule has 0 aromatic carbocycles. The van der Waals surface area contributed by atoms with Crippen molar-refractivity contribution in [2.45, 2.75) is 71.1 Å². The van der Waals surface area contributed by atoms with Gasteiger partial charge < -0.3 is 0 Å². The van der Waals surface area contributed by atoms with E-state index < -0.39 is 0 Å². The highest BCUT2D eigenvalue weighted by atomic mass is 16.1. The normalized spacial score (nSPS) is 25.6. The Balaban J connectivity index is 2.44. The van der Waals surface area contributed by atoms with E-state index in [-0.39, 0.29) is 0 Å². The quantitative estimate of drug-likeness (QED) is 0.590. The predicted molar refractivity (Wildman–Crippen MR) is 69.5 cm³/mol. The summed E-state index contributed by atoms with van der Waals surface area (Å²) in [5, 5.41) is 0. The Bertz CT molecular complexity index is 230. The first-order valence-electron chi connectivity index (χ1n) is 6.87. The van der Waals surface area contributed by atoms with E-state index in [9.17, 15) is 4.79 Å². The Hall–Kier alpha value is -0.590. The van der Waals surface area contributed by atoms with Crippen molar-refractivity contribution in [2.24, 2.45) is 5.92 Å². The van der Waals surface area contributed by atoms with Crippen LogP contribution in [0.3, 0.4) is 0 Å². The molecule has 0 bridgehead atoms. The molecule has 0 heterocycles. The standard InChI is InChI=1S/C15H26O/c1-13(2)14-10-8-6-4-3-5-7-9-11-15(16)12-14/h14H,1,3-12H2,2H3. The van der Waals surface area contributed by atoms with Gasteiger partial charge in [-0.1, -0.05) is 50.7 Å². The number of hydrogen-bond donors (Lipinski definition) is 0. The third-order valence-electron chi connectivity index (χ3n) is 3.68. The highest BCUT2D eigenvalue weighted by molar-refractivity contribution is 5.78. The summed E-state index contributed by atoms with van der Waals surface area (Å²) in [6.45, 7) is 6.10. The van der Waals surface area contributed by atoms with E-state index in [4.69, 9.17) is 0 Å². The van der Waals surface area contributed by atoms with Gasteiger partial charge in [0.25, 0.3) is 0 Å². The Morgan fingerprint density at radius 2 is 1.62 bits per heavy atom. The van der Waals surface area contributed by atoms with Gasteiger partial charge in [-0.3, -0.25) is 4.79 Å². The monoisotopic (exact) mass is 222 g/mol. The molecule has 0 aromatic rings. The average molecular weight is 222 g/mol. The number of Topliss-reactive ketones (excluding diaryl/α,β-unsaturated/α-hetero) is 1. The van der Waals surface area contributed by atoms with Crippen molar-refractivity contribution >= 4 is 5.78 Å². The smallest absolute Gasteiger partial charge is 0.133 e. The van der Waals surface area contributed by atoms with Crippen LogP contribution in [0.5, 0.6) is 0 Å². The molecule has 0 aromatic heterocycles. The second-order valence-corrected chi connectivity index (χ2v) is 5.30. The number of ketones is 1. The van der Waals surface area contributed by atoms with Crippen LogP contribution in [0.25, 0.3) is 0 Å². The van der Waals surface area contributed by atoms with Gasteiger partial charge in [0.15, 0.2) is 0 Å². The molecular weight excluding hydrogens is 196 g/mol. The Kier molecular flexibility index (Phi) is 6.44. The molecule has 0 spiro atoms. The van der Waals surface area contributed by atoms with Crippen LogP contribution < -0.4 is 0 Å². The molecule has 0 N–H and O–H groups in total. The summed E-state index contributed by atoms with van der Waals surface area (Å²) in [5.41, 5.74) is 1.20.